The highest BCUT2D eigenvalue weighted by Gasteiger charge is 2.71. The number of carbonyl (C=O) groups is 4. The maximum atomic E-state index is 14.5. The summed E-state index contributed by atoms with van der Waals surface area (Å²) in [4.78, 5) is 58.7. The van der Waals surface area contributed by atoms with Crippen molar-refractivity contribution in [3.05, 3.63) is 89.5 Å². The van der Waals surface area contributed by atoms with E-state index in [2.05, 4.69) is 5.32 Å². The third-order valence-corrected chi connectivity index (χ3v) is 9.24. The number of hydrogen-bond donors (Lipinski definition) is 2. The van der Waals surface area contributed by atoms with Crippen LogP contribution in [0, 0.1) is 11.8 Å². The summed E-state index contributed by atoms with van der Waals surface area (Å²) in [7, 11) is 0. The fourth-order valence-corrected chi connectivity index (χ4v) is 7.02. The standard InChI is InChI=1S/C34H36ClN3O7/c35-23-13-15-24(16-14-23)37-19-8-17-34-29(31(41)38(18-6-7-20-39)30(34)32(37)42)28-25(45-34)11-4-5-12-27(40)36-21-26(44-33(28)43)22-9-2-1-3-10-22/h1-4,8-11,13-17,25-26,28-30,39H,5-7,12,18-21H2,(H,36,40)/b11-4-/t25-,26+,28+,29+,30-,34+/m0/s1. The van der Waals surface area contributed by atoms with Crippen LogP contribution in [0.4, 0.5) is 5.69 Å². The summed E-state index contributed by atoms with van der Waals surface area (Å²) in [5.74, 6) is -3.60. The normalized spacial score (nSPS) is 30.8. The van der Waals surface area contributed by atoms with Gasteiger partial charge in [0.05, 0.1) is 18.6 Å². The third kappa shape index (κ3) is 5.90. The number of unbranched alkanes of at least 4 members (excludes halogenated alkanes) is 1. The molecule has 45 heavy (non-hydrogen) atoms. The number of aliphatic hydroxyl groups excluding tert-OH is 1. The van der Waals surface area contributed by atoms with Gasteiger partial charge in [0.25, 0.3) is 5.91 Å². The monoisotopic (exact) mass is 633 g/mol. The second kappa shape index (κ2) is 13.2. The van der Waals surface area contributed by atoms with Crippen molar-refractivity contribution >= 4 is 41.0 Å². The average Bonchev–Trinajstić information content (AvgIpc) is 3.42. The maximum absolute atomic E-state index is 14.5. The van der Waals surface area contributed by atoms with E-state index in [4.69, 9.17) is 21.1 Å². The van der Waals surface area contributed by atoms with Crippen molar-refractivity contribution in [2.45, 2.75) is 49.5 Å². The zero-order valence-corrected chi connectivity index (χ0v) is 25.5. The van der Waals surface area contributed by atoms with Crippen LogP contribution in [0.5, 0.6) is 0 Å². The van der Waals surface area contributed by atoms with Crippen LogP contribution in [0.1, 0.15) is 37.4 Å². The minimum absolute atomic E-state index is 0.0538. The number of cyclic esters (lactones) is 1. The lowest BCUT2D eigenvalue weighted by atomic mass is 9.78. The average molecular weight is 634 g/mol. The molecule has 1 spiro atoms. The number of nitrogens with one attached hydrogen (secondary N) is 1. The summed E-state index contributed by atoms with van der Waals surface area (Å²) in [5, 5.41) is 12.8. The van der Waals surface area contributed by atoms with Gasteiger partial charge >= 0.3 is 5.97 Å². The summed E-state index contributed by atoms with van der Waals surface area (Å²) < 4.78 is 12.8. The molecule has 0 aromatic heterocycles. The zero-order chi connectivity index (χ0) is 31.6. The molecular weight excluding hydrogens is 598 g/mol. The Morgan fingerprint density at radius 2 is 1.76 bits per heavy atom. The van der Waals surface area contributed by atoms with Crippen molar-refractivity contribution in [1.82, 2.24) is 10.2 Å². The Hall–Kier alpha value is -3.99. The number of likely N-dealkylation sites (tertiary alicyclic amines) is 1. The molecule has 2 saturated heterocycles. The Morgan fingerprint density at radius 3 is 2.51 bits per heavy atom. The molecule has 4 aliphatic heterocycles. The van der Waals surface area contributed by atoms with E-state index >= 15 is 0 Å². The molecule has 0 saturated carbocycles. The van der Waals surface area contributed by atoms with E-state index in [0.29, 0.717) is 35.5 Å². The number of benzene rings is 2. The van der Waals surface area contributed by atoms with Crippen LogP contribution in [0.15, 0.2) is 78.9 Å². The van der Waals surface area contributed by atoms with Crippen molar-refractivity contribution in [2.24, 2.45) is 11.8 Å². The van der Waals surface area contributed by atoms with Crippen LogP contribution in [0.3, 0.4) is 0 Å². The highest BCUT2D eigenvalue weighted by Crippen LogP contribution is 2.53. The molecule has 11 heteroatoms. The quantitative estimate of drug-likeness (QED) is 0.284. The van der Waals surface area contributed by atoms with Gasteiger partial charge in [-0.2, -0.15) is 0 Å². The molecule has 0 aliphatic carbocycles. The van der Waals surface area contributed by atoms with Crippen LogP contribution in [-0.2, 0) is 28.7 Å². The lowest BCUT2D eigenvalue weighted by Gasteiger charge is -2.35. The fraction of sp³-hybridized carbons (Fsp3) is 0.412. The molecule has 0 bridgehead atoms. The molecule has 4 heterocycles. The summed E-state index contributed by atoms with van der Waals surface area (Å²) in [6.07, 6.45) is 6.96. The van der Waals surface area contributed by atoms with Crippen LogP contribution >= 0.6 is 11.6 Å². The number of aliphatic hydroxyl groups is 1. The first kappa shape index (κ1) is 31.0. The molecule has 4 aliphatic rings. The lowest BCUT2D eigenvalue weighted by Crippen LogP contribution is -2.55. The van der Waals surface area contributed by atoms with Crippen LogP contribution < -0.4 is 10.2 Å². The van der Waals surface area contributed by atoms with E-state index in [1.165, 1.54) is 4.90 Å². The predicted molar refractivity (Wildman–Crippen MR) is 166 cm³/mol. The SMILES string of the molecule is O=C1CC/C=C\[C@@H]2O[C@@]34C=CCN(c5ccc(Cl)cc5)C(=O)[C@@H]3N(CCCCO)C(=O)[C@H]4[C@@H]2C(=O)O[C@@H](c2ccccc2)CN1. The van der Waals surface area contributed by atoms with Crippen LogP contribution in [-0.4, -0.2) is 77.7 Å². The van der Waals surface area contributed by atoms with Crippen molar-refractivity contribution < 1.29 is 33.8 Å². The number of allylic oxidation sites excluding steroid dienone is 1. The molecule has 10 nitrogen and oxygen atoms in total. The number of hydrogen-bond acceptors (Lipinski definition) is 7. The molecule has 0 unspecified atom stereocenters. The lowest BCUT2D eigenvalue weighted by molar-refractivity contribution is -0.159. The van der Waals surface area contributed by atoms with Gasteiger partial charge in [-0.1, -0.05) is 66.2 Å². The number of ether oxygens (including phenoxy) is 2. The third-order valence-electron chi connectivity index (χ3n) is 8.99. The molecule has 2 aromatic rings. The van der Waals surface area contributed by atoms with Crippen molar-refractivity contribution in [1.29, 1.82) is 0 Å². The van der Waals surface area contributed by atoms with Gasteiger partial charge in [0, 0.05) is 36.8 Å². The predicted octanol–water partition coefficient (Wildman–Crippen LogP) is 3.35. The van der Waals surface area contributed by atoms with E-state index in [0.717, 1.165) is 0 Å². The van der Waals surface area contributed by atoms with E-state index in [1.807, 2.05) is 36.4 Å². The Labute approximate surface area is 266 Å². The molecule has 236 valence electrons. The molecule has 6 atom stereocenters. The van der Waals surface area contributed by atoms with Gasteiger partial charge in [-0.15, -0.1) is 0 Å². The highest BCUT2D eigenvalue weighted by atomic mass is 35.5. The number of halogens is 1. The zero-order valence-electron chi connectivity index (χ0n) is 24.7. The Bertz CT molecular complexity index is 1500. The minimum Gasteiger partial charge on any atom is -0.455 e. The summed E-state index contributed by atoms with van der Waals surface area (Å²) >= 11 is 6.12. The van der Waals surface area contributed by atoms with Crippen molar-refractivity contribution in [2.75, 3.05) is 31.1 Å². The first-order chi connectivity index (χ1) is 21.8. The van der Waals surface area contributed by atoms with Gasteiger partial charge in [0.1, 0.15) is 23.7 Å². The molecule has 3 amide bonds. The minimum atomic E-state index is -1.44. The molecule has 0 radical (unpaired) electrons. The second-order valence-corrected chi connectivity index (χ2v) is 12.2. The van der Waals surface area contributed by atoms with Gasteiger partial charge in [-0.05, 0) is 49.1 Å². The Kier molecular flexibility index (Phi) is 9.07. The molecule has 2 N–H and O–H groups in total. The van der Waals surface area contributed by atoms with Gasteiger partial charge in [0.15, 0.2) is 0 Å². The van der Waals surface area contributed by atoms with E-state index in [-0.39, 0.29) is 50.4 Å². The van der Waals surface area contributed by atoms with Gasteiger partial charge < -0.3 is 29.7 Å². The largest absolute Gasteiger partial charge is 0.455 e. The van der Waals surface area contributed by atoms with E-state index in [9.17, 15) is 24.3 Å². The number of rotatable bonds is 6. The summed E-state index contributed by atoms with van der Waals surface area (Å²) in [6, 6.07) is 15.0. The maximum Gasteiger partial charge on any atom is 0.313 e. The van der Waals surface area contributed by atoms with Crippen molar-refractivity contribution in [3.8, 4) is 0 Å². The van der Waals surface area contributed by atoms with Crippen LogP contribution in [0.2, 0.25) is 5.02 Å². The van der Waals surface area contributed by atoms with E-state index in [1.54, 1.807) is 47.4 Å². The second-order valence-electron chi connectivity index (χ2n) is 11.7. The summed E-state index contributed by atoms with van der Waals surface area (Å²) in [5.41, 5.74) is -0.124. The first-order valence-electron chi connectivity index (χ1n) is 15.4. The number of fused-ring (bicyclic) bond motifs is 2. The van der Waals surface area contributed by atoms with Crippen molar-refractivity contribution in [3.63, 3.8) is 0 Å². The smallest absolute Gasteiger partial charge is 0.313 e. The van der Waals surface area contributed by atoms with Crippen LogP contribution in [0.25, 0.3) is 0 Å². The Morgan fingerprint density at radius 1 is 0.978 bits per heavy atom. The van der Waals surface area contributed by atoms with E-state index < -0.39 is 41.7 Å². The van der Waals surface area contributed by atoms with Gasteiger partial charge in [-0.25, -0.2) is 0 Å². The number of amides is 3. The topological polar surface area (TPSA) is 125 Å². The number of esters is 1. The number of carbonyl (C=O) groups excluding carboxylic acids is 4. The Balaban J connectivity index is 1.41. The molecule has 6 rings (SSSR count). The van der Waals surface area contributed by atoms with Gasteiger partial charge in [0.2, 0.25) is 11.8 Å². The fourth-order valence-electron chi connectivity index (χ4n) is 6.89. The summed E-state index contributed by atoms with van der Waals surface area (Å²) in [6.45, 7) is 0.458. The first-order valence-corrected chi connectivity index (χ1v) is 15.7. The molecule has 2 aromatic carbocycles. The number of nitrogens with zero attached hydrogens (tertiary/aromatic N) is 2. The van der Waals surface area contributed by atoms with Gasteiger partial charge in [-0.3, -0.25) is 19.2 Å². The highest BCUT2D eigenvalue weighted by molar-refractivity contribution is 6.30. The molecule has 2 fully saturated rings. The number of anilines is 1. The molecular formula is C34H36ClN3O7.